The molecule has 0 saturated carbocycles. The number of benzene rings is 1. The second-order valence-electron chi connectivity index (χ2n) is 6.35. The van der Waals surface area contributed by atoms with Gasteiger partial charge >= 0.3 is 0 Å². The van der Waals surface area contributed by atoms with Gasteiger partial charge in [0.05, 0.1) is 26.2 Å². The average molecular weight is 414 g/mol. The number of halogens is 1. The van der Waals surface area contributed by atoms with Crippen molar-refractivity contribution in [3.05, 3.63) is 36.0 Å². The molecule has 0 radical (unpaired) electrons. The lowest BCUT2D eigenvalue weighted by molar-refractivity contribution is -0.928. The van der Waals surface area contributed by atoms with Crippen LogP contribution in [0.5, 0.6) is 0 Å². The summed E-state index contributed by atoms with van der Waals surface area (Å²) in [7, 11) is 0. The monoisotopic (exact) mass is 414 g/mol. The molecule has 2 aromatic rings. The van der Waals surface area contributed by atoms with Gasteiger partial charge in [-0.25, -0.2) is 0 Å². The Morgan fingerprint density at radius 3 is 2.05 bits per heavy atom. The van der Waals surface area contributed by atoms with Gasteiger partial charge in [-0.05, 0) is 30.9 Å². The molecule has 0 bridgehead atoms. The molecule has 0 fully saturated rings. The van der Waals surface area contributed by atoms with Crippen molar-refractivity contribution in [3.8, 4) is 0 Å². The number of nitrogens with zero attached hydrogens (tertiary/aromatic N) is 1. The third-order valence-electron chi connectivity index (χ3n) is 4.62. The highest BCUT2D eigenvalue weighted by Gasteiger charge is 2.24. The molecule has 2 rings (SSSR count). The van der Waals surface area contributed by atoms with E-state index in [2.05, 4.69) is 56.2 Å². The third kappa shape index (κ3) is 4.72. The standard InChI is InChI=1S/C19H31N2.HI/c1-4-12-21(13-5-2,14-6-3)15-11-17-16-20-19-10-8-7-9-18(17)19;/h7-10,16,20H,4-6,11-15H2,1-3H3;1H/q+1;/p-1. The number of quaternary nitrogens is 1. The van der Waals surface area contributed by atoms with Crippen LogP contribution in [-0.2, 0) is 6.42 Å². The maximum absolute atomic E-state index is 3.41. The molecular weight excluding hydrogens is 383 g/mol. The number of para-hydroxylation sites is 1. The minimum atomic E-state index is 0. The summed E-state index contributed by atoms with van der Waals surface area (Å²) in [5, 5.41) is 1.40. The van der Waals surface area contributed by atoms with E-state index in [0.29, 0.717) is 0 Å². The Balaban J connectivity index is 0.00000242. The molecule has 124 valence electrons. The summed E-state index contributed by atoms with van der Waals surface area (Å²) in [5.74, 6) is 0. The lowest BCUT2D eigenvalue weighted by atomic mass is 10.1. The normalized spacial score (nSPS) is 11.6. The highest BCUT2D eigenvalue weighted by atomic mass is 127. The van der Waals surface area contributed by atoms with Crippen LogP contribution in [0.4, 0.5) is 0 Å². The van der Waals surface area contributed by atoms with Gasteiger partial charge in [0.1, 0.15) is 0 Å². The van der Waals surface area contributed by atoms with Crippen LogP contribution < -0.4 is 24.0 Å². The van der Waals surface area contributed by atoms with Crippen molar-refractivity contribution in [2.45, 2.75) is 46.5 Å². The summed E-state index contributed by atoms with van der Waals surface area (Å²) in [6.07, 6.45) is 7.25. The molecule has 22 heavy (non-hydrogen) atoms. The fraction of sp³-hybridized carbons (Fsp3) is 0.579. The van der Waals surface area contributed by atoms with Crippen molar-refractivity contribution >= 4 is 10.9 Å². The number of aromatic nitrogens is 1. The summed E-state index contributed by atoms with van der Waals surface area (Å²) >= 11 is 0. The van der Waals surface area contributed by atoms with Crippen LogP contribution in [0.15, 0.2) is 30.5 Å². The Hall–Kier alpha value is -0.550. The lowest BCUT2D eigenvalue weighted by Crippen LogP contribution is -3.00. The molecule has 0 aliphatic rings. The summed E-state index contributed by atoms with van der Waals surface area (Å²) in [4.78, 5) is 3.41. The van der Waals surface area contributed by atoms with Gasteiger partial charge < -0.3 is 33.4 Å². The molecular formula is C19H31IN2. The zero-order chi connectivity index (χ0) is 15.1. The molecule has 1 aromatic heterocycles. The van der Waals surface area contributed by atoms with Gasteiger partial charge in [-0.2, -0.15) is 0 Å². The van der Waals surface area contributed by atoms with Crippen LogP contribution in [0.25, 0.3) is 10.9 Å². The van der Waals surface area contributed by atoms with E-state index in [0.717, 1.165) is 0 Å². The van der Waals surface area contributed by atoms with Gasteiger partial charge in [0.25, 0.3) is 0 Å². The van der Waals surface area contributed by atoms with Gasteiger partial charge in [-0.15, -0.1) is 0 Å². The molecule has 0 unspecified atom stereocenters. The summed E-state index contributed by atoms with van der Waals surface area (Å²) in [6, 6.07) is 8.67. The first-order chi connectivity index (χ1) is 10.2. The van der Waals surface area contributed by atoms with Gasteiger partial charge in [-0.3, -0.25) is 0 Å². The van der Waals surface area contributed by atoms with E-state index in [4.69, 9.17) is 0 Å². The first-order valence-electron chi connectivity index (χ1n) is 8.64. The zero-order valence-corrected chi connectivity index (χ0v) is 16.5. The smallest absolute Gasteiger partial charge is 0.0828 e. The summed E-state index contributed by atoms with van der Waals surface area (Å²) in [5.41, 5.74) is 2.75. The maximum atomic E-state index is 3.41. The van der Waals surface area contributed by atoms with Crippen LogP contribution in [0, 0.1) is 0 Å². The van der Waals surface area contributed by atoms with E-state index >= 15 is 0 Å². The molecule has 1 heterocycles. The predicted octanol–water partition coefficient (Wildman–Crippen LogP) is 1.76. The second-order valence-corrected chi connectivity index (χ2v) is 6.35. The van der Waals surface area contributed by atoms with Gasteiger partial charge in [0.2, 0.25) is 0 Å². The SMILES string of the molecule is CCC[N+](CCC)(CCC)CCc1c[nH]c2ccccc12.[I-]. The van der Waals surface area contributed by atoms with Crippen LogP contribution in [-0.4, -0.2) is 35.6 Å². The number of aromatic amines is 1. The van der Waals surface area contributed by atoms with Gasteiger partial charge in [0, 0.05) is 23.5 Å². The molecule has 0 aliphatic heterocycles. The lowest BCUT2D eigenvalue weighted by Gasteiger charge is -2.38. The minimum absolute atomic E-state index is 0. The number of rotatable bonds is 9. The molecule has 0 spiro atoms. The summed E-state index contributed by atoms with van der Waals surface area (Å²) in [6.45, 7) is 12.2. The highest BCUT2D eigenvalue weighted by Crippen LogP contribution is 2.20. The van der Waals surface area contributed by atoms with Crippen LogP contribution >= 0.6 is 0 Å². The third-order valence-corrected chi connectivity index (χ3v) is 4.62. The number of hydrogen-bond acceptors (Lipinski definition) is 0. The number of nitrogens with one attached hydrogen (secondary N) is 1. The van der Waals surface area contributed by atoms with Crippen LogP contribution in [0.2, 0.25) is 0 Å². The van der Waals surface area contributed by atoms with Crippen molar-refractivity contribution in [2.75, 3.05) is 26.2 Å². The van der Waals surface area contributed by atoms with Crippen molar-refractivity contribution in [3.63, 3.8) is 0 Å². The first kappa shape index (κ1) is 19.5. The Morgan fingerprint density at radius 1 is 0.864 bits per heavy atom. The molecule has 1 aromatic carbocycles. The number of fused-ring (bicyclic) bond motifs is 1. The van der Waals surface area contributed by atoms with Crippen molar-refractivity contribution < 1.29 is 28.5 Å². The molecule has 1 N–H and O–H groups in total. The molecule has 0 atom stereocenters. The van der Waals surface area contributed by atoms with Crippen molar-refractivity contribution in [1.29, 1.82) is 0 Å². The van der Waals surface area contributed by atoms with E-state index in [9.17, 15) is 0 Å². The molecule has 3 heteroatoms. The van der Waals surface area contributed by atoms with Crippen LogP contribution in [0.3, 0.4) is 0 Å². The van der Waals surface area contributed by atoms with E-state index in [1.807, 2.05) is 0 Å². The highest BCUT2D eigenvalue weighted by molar-refractivity contribution is 5.82. The van der Waals surface area contributed by atoms with E-state index in [1.54, 1.807) is 0 Å². The van der Waals surface area contributed by atoms with Gasteiger partial charge in [0.15, 0.2) is 0 Å². The molecule has 0 saturated heterocycles. The topological polar surface area (TPSA) is 15.8 Å². The van der Waals surface area contributed by atoms with Crippen LogP contribution in [0.1, 0.15) is 45.6 Å². The Bertz CT molecular complexity index is 530. The quantitative estimate of drug-likeness (QED) is 0.476. The molecule has 0 amide bonds. The average Bonchev–Trinajstić information content (AvgIpc) is 2.89. The maximum Gasteiger partial charge on any atom is 0.0828 e. The minimum Gasteiger partial charge on any atom is -1.00 e. The molecule has 0 aliphatic carbocycles. The van der Waals surface area contributed by atoms with Crippen molar-refractivity contribution in [2.24, 2.45) is 0 Å². The van der Waals surface area contributed by atoms with E-state index in [1.165, 1.54) is 72.8 Å². The van der Waals surface area contributed by atoms with E-state index in [-0.39, 0.29) is 24.0 Å². The fourth-order valence-corrected chi connectivity index (χ4v) is 3.79. The Morgan fingerprint density at radius 2 is 1.45 bits per heavy atom. The number of hydrogen-bond donors (Lipinski definition) is 1. The number of H-pyrrole nitrogens is 1. The fourth-order valence-electron chi connectivity index (χ4n) is 3.79. The largest absolute Gasteiger partial charge is 1.00 e. The second kappa shape index (κ2) is 9.56. The molecule has 2 nitrogen and oxygen atoms in total. The first-order valence-corrected chi connectivity index (χ1v) is 8.64. The summed E-state index contributed by atoms with van der Waals surface area (Å²) < 4.78 is 1.29. The van der Waals surface area contributed by atoms with Gasteiger partial charge in [-0.1, -0.05) is 39.0 Å². The predicted molar refractivity (Wildman–Crippen MR) is 92.6 cm³/mol. The van der Waals surface area contributed by atoms with E-state index < -0.39 is 0 Å². The Kier molecular flexibility index (Phi) is 8.47. The Labute approximate surface area is 152 Å². The zero-order valence-electron chi connectivity index (χ0n) is 14.4. The van der Waals surface area contributed by atoms with Crippen molar-refractivity contribution in [1.82, 2.24) is 4.98 Å².